The molecule has 2 aromatic carbocycles. The highest BCUT2D eigenvalue weighted by Gasteiger charge is 2.15. The molecule has 1 N–H and O–H groups in total. The Bertz CT molecular complexity index is 1100. The van der Waals surface area contributed by atoms with Crippen LogP contribution in [-0.4, -0.2) is 26.4 Å². The van der Waals surface area contributed by atoms with Crippen molar-refractivity contribution >= 4 is 35.0 Å². The van der Waals surface area contributed by atoms with Crippen LogP contribution in [0.4, 0.5) is 5.69 Å². The zero-order chi connectivity index (χ0) is 22.4. The van der Waals surface area contributed by atoms with Gasteiger partial charge in [-0.1, -0.05) is 47.6 Å². The van der Waals surface area contributed by atoms with Gasteiger partial charge in [0.1, 0.15) is 12.4 Å². The summed E-state index contributed by atoms with van der Waals surface area (Å²) in [6, 6.07) is 11.4. The summed E-state index contributed by atoms with van der Waals surface area (Å²) in [5, 5.41) is 12.6. The predicted molar refractivity (Wildman–Crippen MR) is 126 cm³/mol. The standard InChI is InChI=1S/C23H25ClN4O2S/c1-5-11-28-21(13-30-20-8-6-7-15(2)17(20)4)26-27-23(28)31-14-22(29)25-19-12-18(24)10-9-16(19)3/h5-10,12H,1,11,13-14H2,2-4H3,(H,25,29). The fourth-order valence-electron chi connectivity index (χ4n) is 2.91. The van der Waals surface area contributed by atoms with Gasteiger partial charge < -0.3 is 10.1 Å². The molecule has 1 aromatic heterocycles. The number of nitrogens with one attached hydrogen (secondary N) is 1. The van der Waals surface area contributed by atoms with Gasteiger partial charge in [-0.05, 0) is 55.7 Å². The monoisotopic (exact) mass is 456 g/mol. The maximum atomic E-state index is 12.4. The summed E-state index contributed by atoms with van der Waals surface area (Å²) in [6.45, 7) is 10.6. The summed E-state index contributed by atoms with van der Waals surface area (Å²) in [5.74, 6) is 1.55. The number of thioether (sulfide) groups is 1. The summed E-state index contributed by atoms with van der Waals surface area (Å²) >= 11 is 7.34. The molecule has 0 saturated carbocycles. The number of carbonyl (C=O) groups is 1. The number of amides is 1. The summed E-state index contributed by atoms with van der Waals surface area (Å²) in [4.78, 5) is 12.4. The topological polar surface area (TPSA) is 69.0 Å². The van der Waals surface area contributed by atoms with Crippen LogP contribution in [0.15, 0.2) is 54.2 Å². The van der Waals surface area contributed by atoms with E-state index in [0.29, 0.717) is 28.2 Å². The second-order valence-electron chi connectivity index (χ2n) is 7.08. The molecular weight excluding hydrogens is 432 g/mol. The Morgan fingerprint density at radius 3 is 2.81 bits per heavy atom. The van der Waals surface area contributed by atoms with Gasteiger partial charge in [0, 0.05) is 17.3 Å². The molecule has 0 saturated heterocycles. The Labute approximate surface area is 191 Å². The molecule has 0 bridgehead atoms. The lowest BCUT2D eigenvalue weighted by Crippen LogP contribution is -2.15. The highest BCUT2D eigenvalue weighted by molar-refractivity contribution is 7.99. The number of rotatable bonds is 9. The number of nitrogens with zero attached hydrogens (tertiary/aromatic N) is 3. The number of aryl methyl sites for hydroxylation is 2. The molecule has 0 radical (unpaired) electrons. The van der Waals surface area contributed by atoms with Crippen LogP contribution in [0, 0.1) is 20.8 Å². The number of hydrogen-bond donors (Lipinski definition) is 1. The number of ether oxygens (including phenoxy) is 1. The predicted octanol–water partition coefficient (Wildman–Crippen LogP) is 5.35. The zero-order valence-electron chi connectivity index (χ0n) is 17.8. The average molecular weight is 457 g/mol. The van der Waals surface area contributed by atoms with Crippen molar-refractivity contribution in [1.29, 1.82) is 0 Å². The molecular formula is C23H25ClN4O2S. The maximum absolute atomic E-state index is 12.4. The molecule has 0 aliphatic rings. The van der Waals surface area contributed by atoms with Gasteiger partial charge in [0.05, 0.1) is 5.75 Å². The largest absolute Gasteiger partial charge is 0.485 e. The maximum Gasteiger partial charge on any atom is 0.234 e. The molecule has 0 atom stereocenters. The number of carbonyl (C=O) groups excluding carboxylic acids is 1. The van der Waals surface area contributed by atoms with E-state index in [1.165, 1.54) is 17.3 Å². The van der Waals surface area contributed by atoms with Crippen molar-refractivity contribution in [3.05, 3.63) is 76.6 Å². The van der Waals surface area contributed by atoms with Crippen molar-refractivity contribution in [3.63, 3.8) is 0 Å². The van der Waals surface area contributed by atoms with E-state index in [-0.39, 0.29) is 18.3 Å². The Morgan fingerprint density at radius 2 is 2.03 bits per heavy atom. The summed E-state index contributed by atoms with van der Waals surface area (Å²) in [5.41, 5.74) is 3.92. The Hall–Kier alpha value is -2.77. The van der Waals surface area contributed by atoms with E-state index in [9.17, 15) is 4.79 Å². The lowest BCUT2D eigenvalue weighted by atomic mass is 10.1. The van der Waals surface area contributed by atoms with Crippen LogP contribution < -0.4 is 10.1 Å². The highest BCUT2D eigenvalue weighted by Crippen LogP contribution is 2.24. The third-order valence-electron chi connectivity index (χ3n) is 4.82. The van der Waals surface area contributed by atoms with Crippen molar-refractivity contribution in [2.24, 2.45) is 0 Å². The molecule has 0 unspecified atom stereocenters. The number of aromatic nitrogens is 3. The van der Waals surface area contributed by atoms with Gasteiger partial charge in [-0.2, -0.15) is 0 Å². The van der Waals surface area contributed by atoms with E-state index in [0.717, 1.165) is 16.9 Å². The second-order valence-corrected chi connectivity index (χ2v) is 8.46. The van der Waals surface area contributed by atoms with E-state index < -0.39 is 0 Å². The first-order chi connectivity index (χ1) is 14.9. The molecule has 1 amide bonds. The van der Waals surface area contributed by atoms with Crippen molar-refractivity contribution in [2.75, 3.05) is 11.1 Å². The Morgan fingerprint density at radius 1 is 1.23 bits per heavy atom. The number of benzene rings is 2. The molecule has 3 rings (SSSR count). The SMILES string of the molecule is C=CCn1c(COc2cccc(C)c2C)nnc1SCC(=O)Nc1cc(Cl)ccc1C. The van der Waals surface area contributed by atoms with Crippen LogP contribution >= 0.6 is 23.4 Å². The molecule has 31 heavy (non-hydrogen) atoms. The Kier molecular flexibility index (Phi) is 7.76. The smallest absolute Gasteiger partial charge is 0.234 e. The molecule has 6 nitrogen and oxygen atoms in total. The first kappa shape index (κ1) is 22.9. The van der Waals surface area contributed by atoms with Gasteiger partial charge >= 0.3 is 0 Å². The first-order valence-electron chi connectivity index (χ1n) is 9.80. The van der Waals surface area contributed by atoms with E-state index in [2.05, 4.69) is 22.1 Å². The van der Waals surface area contributed by atoms with E-state index in [1.807, 2.05) is 49.6 Å². The lowest BCUT2D eigenvalue weighted by molar-refractivity contribution is -0.113. The van der Waals surface area contributed by atoms with Crippen LogP contribution in [0.5, 0.6) is 5.75 Å². The number of hydrogen-bond acceptors (Lipinski definition) is 5. The third-order valence-corrected chi connectivity index (χ3v) is 6.02. The van der Waals surface area contributed by atoms with Crippen molar-refractivity contribution < 1.29 is 9.53 Å². The molecule has 3 aromatic rings. The number of anilines is 1. The van der Waals surface area contributed by atoms with Crippen LogP contribution in [0.2, 0.25) is 5.02 Å². The number of halogens is 1. The Balaban J connectivity index is 1.65. The minimum atomic E-state index is -0.142. The summed E-state index contributed by atoms with van der Waals surface area (Å²) in [6.07, 6.45) is 1.77. The van der Waals surface area contributed by atoms with E-state index in [1.54, 1.807) is 18.2 Å². The minimum Gasteiger partial charge on any atom is -0.485 e. The molecule has 0 aliphatic carbocycles. The van der Waals surface area contributed by atoms with Gasteiger partial charge in [-0.15, -0.1) is 16.8 Å². The van der Waals surface area contributed by atoms with Gasteiger partial charge in [0.15, 0.2) is 11.0 Å². The fraction of sp³-hybridized carbons (Fsp3) is 0.261. The van der Waals surface area contributed by atoms with Crippen LogP contribution in [0.25, 0.3) is 0 Å². The lowest BCUT2D eigenvalue weighted by Gasteiger charge is -2.12. The molecule has 162 valence electrons. The zero-order valence-corrected chi connectivity index (χ0v) is 19.4. The molecule has 0 spiro atoms. The first-order valence-corrected chi connectivity index (χ1v) is 11.2. The van der Waals surface area contributed by atoms with E-state index in [4.69, 9.17) is 16.3 Å². The average Bonchev–Trinajstić information content (AvgIpc) is 3.12. The van der Waals surface area contributed by atoms with Crippen LogP contribution in [0.3, 0.4) is 0 Å². The van der Waals surface area contributed by atoms with Gasteiger partial charge in [0.25, 0.3) is 0 Å². The van der Waals surface area contributed by atoms with Crippen LogP contribution in [-0.2, 0) is 17.9 Å². The van der Waals surface area contributed by atoms with Crippen LogP contribution in [0.1, 0.15) is 22.5 Å². The highest BCUT2D eigenvalue weighted by atomic mass is 35.5. The molecule has 8 heteroatoms. The van der Waals surface area contributed by atoms with E-state index >= 15 is 0 Å². The summed E-state index contributed by atoms with van der Waals surface area (Å²) < 4.78 is 7.88. The van der Waals surface area contributed by atoms with Crippen molar-refractivity contribution in [1.82, 2.24) is 14.8 Å². The quantitative estimate of drug-likeness (QED) is 0.347. The third kappa shape index (κ3) is 5.89. The van der Waals surface area contributed by atoms with Crippen molar-refractivity contribution in [3.8, 4) is 5.75 Å². The normalized spacial score (nSPS) is 10.7. The van der Waals surface area contributed by atoms with Crippen molar-refractivity contribution in [2.45, 2.75) is 39.1 Å². The number of allylic oxidation sites excluding steroid dienone is 1. The second kappa shape index (κ2) is 10.5. The summed E-state index contributed by atoms with van der Waals surface area (Å²) in [7, 11) is 0. The van der Waals surface area contributed by atoms with Gasteiger partial charge in [-0.3, -0.25) is 9.36 Å². The minimum absolute atomic E-state index is 0.142. The molecule has 0 fully saturated rings. The van der Waals surface area contributed by atoms with Gasteiger partial charge in [0.2, 0.25) is 5.91 Å². The van der Waals surface area contributed by atoms with Gasteiger partial charge in [-0.25, -0.2) is 0 Å². The molecule has 1 heterocycles. The fourth-order valence-corrected chi connectivity index (χ4v) is 3.85. The molecule has 0 aliphatic heterocycles.